The number of carbonyl (C=O) groups is 1. The summed E-state index contributed by atoms with van der Waals surface area (Å²) < 4.78 is 13.7. The highest BCUT2D eigenvalue weighted by molar-refractivity contribution is 9.10. The van der Waals surface area contributed by atoms with E-state index in [0.29, 0.717) is 15.7 Å². The molecule has 0 aliphatic rings. The molecular weight excluding hydrogens is 311 g/mol. The molecule has 3 nitrogen and oxygen atoms in total. The van der Waals surface area contributed by atoms with Crippen LogP contribution in [0.2, 0.25) is 0 Å². The number of amides is 1. The first-order valence-corrected chi connectivity index (χ1v) is 6.43. The molecule has 0 saturated heterocycles. The Morgan fingerprint density at radius 2 is 1.89 bits per heavy atom. The summed E-state index contributed by atoms with van der Waals surface area (Å²) in [6, 6.07) is 12.6. The van der Waals surface area contributed by atoms with E-state index in [2.05, 4.69) is 21.2 Å². The van der Waals surface area contributed by atoms with Crippen LogP contribution in [0.3, 0.4) is 0 Å². The van der Waals surface area contributed by atoms with Gasteiger partial charge in [-0.05, 0) is 39.7 Å². The molecule has 0 bridgehead atoms. The Bertz CT molecular complexity index is 589. The van der Waals surface area contributed by atoms with E-state index in [4.69, 9.17) is 5.73 Å². The normalized spacial score (nSPS) is 11.9. The van der Waals surface area contributed by atoms with Crippen LogP contribution < -0.4 is 11.1 Å². The summed E-state index contributed by atoms with van der Waals surface area (Å²) in [4.78, 5) is 11.9. The predicted octanol–water partition coefficient (Wildman–Crippen LogP) is 3.23. The zero-order valence-corrected chi connectivity index (χ0v) is 11.5. The molecule has 1 amide bonds. The van der Waals surface area contributed by atoms with Crippen molar-refractivity contribution < 1.29 is 9.18 Å². The van der Waals surface area contributed by atoms with Crippen molar-refractivity contribution in [2.45, 2.75) is 6.04 Å². The second-order valence-electron chi connectivity index (χ2n) is 4.01. The number of anilines is 1. The molecular formula is C14H12BrFN2O. The van der Waals surface area contributed by atoms with Gasteiger partial charge in [0.15, 0.2) is 0 Å². The molecule has 0 fully saturated rings. The lowest BCUT2D eigenvalue weighted by atomic mass is 10.1. The Hall–Kier alpha value is -1.72. The zero-order valence-electron chi connectivity index (χ0n) is 9.94. The smallest absolute Gasteiger partial charge is 0.245 e. The highest BCUT2D eigenvalue weighted by Crippen LogP contribution is 2.20. The summed E-state index contributed by atoms with van der Waals surface area (Å²) in [5.41, 5.74) is 6.92. The van der Waals surface area contributed by atoms with E-state index in [1.807, 2.05) is 18.2 Å². The minimum Gasteiger partial charge on any atom is -0.324 e. The minimum atomic E-state index is -0.784. The van der Waals surface area contributed by atoms with Crippen LogP contribution in [0.5, 0.6) is 0 Å². The fraction of sp³-hybridized carbons (Fsp3) is 0.0714. The molecule has 0 saturated carbocycles. The summed E-state index contributed by atoms with van der Waals surface area (Å²) >= 11 is 3.05. The van der Waals surface area contributed by atoms with E-state index < -0.39 is 11.9 Å². The summed E-state index contributed by atoms with van der Waals surface area (Å²) in [6.45, 7) is 0. The molecule has 5 heteroatoms. The van der Waals surface area contributed by atoms with Gasteiger partial charge in [-0.15, -0.1) is 0 Å². The molecule has 0 unspecified atom stereocenters. The predicted molar refractivity (Wildman–Crippen MR) is 76.1 cm³/mol. The molecule has 2 aromatic carbocycles. The van der Waals surface area contributed by atoms with E-state index in [1.54, 1.807) is 18.2 Å². The van der Waals surface area contributed by atoms with Crippen molar-refractivity contribution >= 4 is 27.5 Å². The number of nitrogens with one attached hydrogen (secondary N) is 1. The third-order valence-electron chi connectivity index (χ3n) is 2.63. The fourth-order valence-electron chi connectivity index (χ4n) is 1.61. The summed E-state index contributed by atoms with van der Waals surface area (Å²) in [5.74, 6) is -0.820. The van der Waals surface area contributed by atoms with Gasteiger partial charge in [-0.1, -0.05) is 30.3 Å². The lowest BCUT2D eigenvalue weighted by molar-refractivity contribution is -0.117. The molecule has 19 heavy (non-hydrogen) atoms. The maximum Gasteiger partial charge on any atom is 0.245 e. The molecule has 0 radical (unpaired) electrons. The highest BCUT2D eigenvalue weighted by atomic mass is 79.9. The Balaban J connectivity index is 2.10. The molecule has 2 aromatic rings. The average Bonchev–Trinajstić information content (AvgIpc) is 2.43. The Kier molecular flexibility index (Phi) is 4.29. The largest absolute Gasteiger partial charge is 0.324 e. The molecule has 2 rings (SSSR count). The van der Waals surface area contributed by atoms with E-state index >= 15 is 0 Å². The van der Waals surface area contributed by atoms with Crippen LogP contribution in [0, 0.1) is 5.82 Å². The lowest BCUT2D eigenvalue weighted by Gasteiger charge is -2.12. The van der Waals surface area contributed by atoms with Gasteiger partial charge in [0.05, 0.1) is 4.47 Å². The third kappa shape index (κ3) is 3.39. The number of halogens is 2. The summed E-state index contributed by atoms with van der Waals surface area (Å²) in [5, 5.41) is 2.58. The van der Waals surface area contributed by atoms with Crippen molar-refractivity contribution in [3.05, 3.63) is 64.4 Å². The second-order valence-corrected chi connectivity index (χ2v) is 4.86. The number of carbonyl (C=O) groups excluding carboxylic acids is 1. The lowest BCUT2D eigenvalue weighted by Crippen LogP contribution is -2.27. The van der Waals surface area contributed by atoms with Gasteiger partial charge in [0.1, 0.15) is 11.9 Å². The summed E-state index contributed by atoms with van der Waals surface area (Å²) in [6.07, 6.45) is 0. The van der Waals surface area contributed by atoms with Crippen LogP contribution in [0.4, 0.5) is 10.1 Å². The van der Waals surface area contributed by atoms with E-state index in [9.17, 15) is 9.18 Å². The van der Waals surface area contributed by atoms with Gasteiger partial charge in [0.2, 0.25) is 5.91 Å². The van der Waals surface area contributed by atoms with Gasteiger partial charge >= 0.3 is 0 Å². The van der Waals surface area contributed by atoms with Crippen molar-refractivity contribution in [1.29, 1.82) is 0 Å². The number of nitrogens with two attached hydrogens (primary N) is 1. The Morgan fingerprint density at radius 3 is 2.53 bits per heavy atom. The molecule has 0 heterocycles. The molecule has 0 aliphatic heterocycles. The molecule has 0 spiro atoms. The van der Waals surface area contributed by atoms with Crippen LogP contribution in [0.15, 0.2) is 53.0 Å². The standard InChI is InChI=1S/C14H12BrFN2O/c15-11-7-6-10(8-12(11)16)18-14(19)13(17)9-4-2-1-3-5-9/h1-8,13H,17H2,(H,18,19)/t13-/m1/s1. The third-order valence-corrected chi connectivity index (χ3v) is 3.27. The van der Waals surface area contributed by atoms with E-state index in [0.717, 1.165) is 0 Å². The second kappa shape index (κ2) is 5.95. The number of hydrogen-bond acceptors (Lipinski definition) is 2. The van der Waals surface area contributed by atoms with Gasteiger partial charge in [0, 0.05) is 5.69 Å². The average molecular weight is 323 g/mol. The number of rotatable bonds is 3. The van der Waals surface area contributed by atoms with Crippen LogP contribution in [0.1, 0.15) is 11.6 Å². The van der Waals surface area contributed by atoms with E-state index in [1.165, 1.54) is 12.1 Å². The van der Waals surface area contributed by atoms with E-state index in [-0.39, 0.29) is 5.91 Å². The van der Waals surface area contributed by atoms with Gasteiger partial charge < -0.3 is 11.1 Å². The maximum absolute atomic E-state index is 13.3. The zero-order chi connectivity index (χ0) is 13.8. The molecule has 1 atom stereocenters. The van der Waals surface area contributed by atoms with Crippen LogP contribution in [-0.4, -0.2) is 5.91 Å². The van der Waals surface area contributed by atoms with Gasteiger partial charge in [-0.2, -0.15) is 0 Å². The topological polar surface area (TPSA) is 55.1 Å². The summed E-state index contributed by atoms with van der Waals surface area (Å²) in [7, 11) is 0. The number of benzene rings is 2. The van der Waals surface area contributed by atoms with Crippen LogP contribution >= 0.6 is 15.9 Å². The first-order valence-electron chi connectivity index (χ1n) is 5.64. The van der Waals surface area contributed by atoms with Crippen molar-refractivity contribution in [2.24, 2.45) is 5.73 Å². The van der Waals surface area contributed by atoms with Crippen molar-refractivity contribution in [3.63, 3.8) is 0 Å². The van der Waals surface area contributed by atoms with Crippen LogP contribution in [-0.2, 0) is 4.79 Å². The molecule has 98 valence electrons. The molecule has 0 aliphatic carbocycles. The van der Waals surface area contributed by atoms with Crippen molar-refractivity contribution in [1.82, 2.24) is 0 Å². The first kappa shape index (κ1) is 13.7. The SMILES string of the molecule is N[C@@H](C(=O)Nc1ccc(Br)c(F)c1)c1ccccc1. The monoisotopic (exact) mass is 322 g/mol. The van der Waals surface area contributed by atoms with Gasteiger partial charge in [0.25, 0.3) is 0 Å². The molecule has 0 aromatic heterocycles. The maximum atomic E-state index is 13.3. The fourth-order valence-corrected chi connectivity index (χ4v) is 1.85. The Morgan fingerprint density at radius 1 is 1.21 bits per heavy atom. The minimum absolute atomic E-state index is 0.345. The quantitative estimate of drug-likeness (QED) is 0.911. The van der Waals surface area contributed by atoms with Crippen molar-refractivity contribution in [3.8, 4) is 0 Å². The van der Waals surface area contributed by atoms with Gasteiger partial charge in [-0.3, -0.25) is 4.79 Å². The first-order chi connectivity index (χ1) is 9.08. The Labute approximate surface area is 118 Å². The van der Waals surface area contributed by atoms with Gasteiger partial charge in [-0.25, -0.2) is 4.39 Å². The van der Waals surface area contributed by atoms with Crippen LogP contribution in [0.25, 0.3) is 0 Å². The molecule has 3 N–H and O–H groups in total. The number of hydrogen-bond donors (Lipinski definition) is 2. The van der Waals surface area contributed by atoms with Crippen molar-refractivity contribution in [2.75, 3.05) is 5.32 Å². The highest BCUT2D eigenvalue weighted by Gasteiger charge is 2.15.